The molecule has 9 nitrogen and oxygen atoms in total. The van der Waals surface area contributed by atoms with Gasteiger partial charge in [0.1, 0.15) is 0 Å². The third-order valence-electron chi connectivity index (χ3n) is 6.22. The zero-order valence-electron chi connectivity index (χ0n) is 18.7. The predicted octanol–water partition coefficient (Wildman–Crippen LogP) is 3.12. The second-order valence-electron chi connectivity index (χ2n) is 9.07. The van der Waals surface area contributed by atoms with E-state index in [-0.39, 0.29) is 6.61 Å². The number of fused-ring (bicyclic) bond motifs is 2. The van der Waals surface area contributed by atoms with Gasteiger partial charge in [0.2, 0.25) is 0 Å². The number of aliphatic hydroxyl groups excluding tert-OH is 1. The van der Waals surface area contributed by atoms with Crippen LogP contribution < -0.4 is 10.2 Å². The van der Waals surface area contributed by atoms with Gasteiger partial charge in [-0.05, 0) is 37.3 Å². The lowest BCUT2D eigenvalue weighted by Gasteiger charge is -2.45. The predicted molar refractivity (Wildman–Crippen MR) is 131 cm³/mol. The van der Waals surface area contributed by atoms with Gasteiger partial charge in [-0.25, -0.2) is 9.97 Å². The monoisotopic (exact) mass is 455 g/mol. The fourth-order valence-corrected chi connectivity index (χ4v) is 4.53. The third-order valence-corrected chi connectivity index (χ3v) is 6.22. The van der Waals surface area contributed by atoms with Crippen molar-refractivity contribution in [3.63, 3.8) is 0 Å². The average molecular weight is 456 g/mol. The number of imidazole rings is 1. The first-order chi connectivity index (χ1) is 16.5. The Morgan fingerprint density at radius 1 is 1.15 bits per heavy atom. The van der Waals surface area contributed by atoms with Crippen LogP contribution in [0.2, 0.25) is 0 Å². The Morgan fingerprint density at radius 2 is 1.97 bits per heavy atom. The molecule has 0 spiro atoms. The van der Waals surface area contributed by atoms with Crippen molar-refractivity contribution in [1.82, 2.24) is 24.6 Å². The van der Waals surface area contributed by atoms with Crippen molar-refractivity contribution < 1.29 is 10.2 Å². The Kier molecular flexibility index (Phi) is 4.75. The van der Waals surface area contributed by atoms with Crippen LogP contribution in [0.25, 0.3) is 27.8 Å². The minimum absolute atomic E-state index is 0.0761. The van der Waals surface area contributed by atoms with E-state index in [0.717, 1.165) is 44.9 Å². The number of anilines is 3. The van der Waals surface area contributed by atoms with Crippen LogP contribution in [-0.2, 0) is 6.42 Å². The number of hydrogen-bond acceptors (Lipinski definition) is 7. The second kappa shape index (κ2) is 7.82. The highest BCUT2D eigenvalue weighted by atomic mass is 16.3. The lowest BCUT2D eigenvalue weighted by Crippen LogP contribution is -2.60. The SMILES string of the molecule is CC1(O)CN(c2ccc(Nc3nc(-c4ccc5c(CCO)[nH]nc5c4)cn4ccnc34)cc2)C1. The molecule has 0 radical (unpaired) electrons. The van der Waals surface area contributed by atoms with E-state index in [2.05, 4.69) is 25.4 Å². The number of nitrogens with zero attached hydrogens (tertiary/aromatic N) is 5. The molecule has 0 unspecified atom stereocenters. The van der Waals surface area contributed by atoms with Gasteiger partial charge < -0.3 is 24.8 Å². The molecule has 0 saturated carbocycles. The van der Waals surface area contributed by atoms with Gasteiger partial charge in [0.05, 0.1) is 16.8 Å². The Labute approximate surface area is 195 Å². The number of rotatable bonds is 6. The molecule has 1 saturated heterocycles. The van der Waals surface area contributed by atoms with Crippen LogP contribution in [0.5, 0.6) is 0 Å². The summed E-state index contributed by atoms with van der Waals surface area (Å²) in [5.41, 5.74) is 5.61. The Hall–Kier alpha value is -3.95. The molecule has 0 atom stereocenters. The maximum atomic E-state index is 9.99. The maximum Gasteiger partial charge on any atom is 0.180 e. The summed E-state index contributed by atoms with van der Waals surface area (Å²) in [4.78, 5) is 11.5. The van der Waals surface area contributed by atoms with E-state index in [0.29, 0.717) is 25.3 Å². The van der Waals surface area contributed by atoms with E-state index in [1.54, 1.807) is 6.20 Å². The minimum atomic E-state index is -0.604. The first-order valence-electron chi connectivity index (χ1n) is 11.3. The third kappa shape index (κ3) is 3.64. The molecule has 1 aliphatic heterocycles. The number of β-amino-alcohol motifs (C(OH)–C–C–N with tert-alkyl or cyclic N) is 1. The molecule has 1 fully saturated rings. The Morgan fingerprint density at radius 3 is 2.74 bits per heavy atom. The highest BCUT2D eigenvalue weighted by molar-refractivity contribution is 5.86. The largest absolute Gasteiger partial charge is 0.396 e. The molecule has 0 amide bonds. The lowest BCUT2D eigenvalue weighted by molar-refractivity contribution is 0.0310. The molecule has 2 aromatic carbocycles. The summed E-state index contributed by atoms with van der Waals surface area (Å²) in [6.45, 7) is 3.21. The molecule has 172 valence electrons. The minimum Gasteiger partial charge on any atom is -0.396 e. The van der Waals surface area contributed by atoms with Gasteiger partial charge in [0, 0.05) is 72.7 Å². The van der Waals surface area contributed by atoms with Crippen molar-refractivity contribution in [2.75, 3.05) is 29.9 Å². The van der Waals surface area contributed by atoms with Crippen LogP contribution in [0, 0.1) is 0 Å². The number of aliphatic hydroxyl groups is 2. The molecule has 5 aromatic rings. The van der Waals surface area contributed by atoms with Gasteiger partial charge in [0.15, 0.2) is 11.5 Å². The van der Waals surface area contributed by atoms with Crippen molar-refractivity contribution in [2.45, 2.75) is 18.9 Å². The Bertz CT molecular complexity index is 1480. The maximum absolute atomic E-state index is 9.99. The van der Waals surface area contributed by atoms with Crippen molar-refractivity contribution >= 4 is 33.7 Å². The molecule has 3 aromatic heterocycles. The van der Waals surface area contributed by atoms with Crippen LogP contribution in [0.1, 0.15) is 12.6 Å². The fourth-order valence-electron chi connectivity index (χ4n) is 4.53. The van der Waals surface area contributed by atoms with Gasteiger partial charge in [-0.2, -0.15) is 5.10 Å². The first-order valence-corrected chi connectivity index (χ1v) is 11.3. The van der Waals surface area contributed by atoms with E-state index < -0.39 is 5.60 Å². The molecule has 9 heteroatoms. The number of H-pyrrole nitrogens is 1. The summed E-state index contributed by atoms with van der Waals surface area (Å²) in [7, 11) is 0. The van der Waals surface area contributed by atoms with E-state index >= 15 is 0 Å². The van der Waals surface area contributed by atoms with Crippen molar-refractivity contribution in [2.24, 2.45) is 0 Å². The smallest absolute Gasteiger partial charge is 0.180 e. The fraction of sp³-hybridized carbons (Fsp3) is 0.240. The highest BCUT2D eigenvalue weighted by Gasteiger charge is 2.36. The molecular formula is C25H25N7O2. The summed E-state index contributed by atoms with van der Waals surface area (Å²) in [5, 5.41) is 31.1. The summed E-state index contributed by atoms with van der Waals surface area (Å²) in [6, 6.07) is 14.1. The zero-order chi connectivity index (χ0) is 23.3. The van der Waals surface area contributed by atoms with Gasteiger partial charge >= 0.3 is 0 Å². The van der Waals surface area contributed by atoms with E-state index in [9.17, 15) is 10.2 Å². The summed E-state index contributed by atoms with van der Waals surface area (Å²) < 4.78 is 1.95. The van der Waals surface area contributed by atoms with Gasteiger partial charge in [-0.15, -0.1) is 0 Å². The molecule has 0 bridgehead atoms. The van der Waals surface area contributed by atoms with Crippen molar-refractivity contribution in [3.8, 4) is 11.3 Å². The Balaban J connectivity index is 1.31. The summed E-state index contributed by atoms with van der Waals surface area (Å²) in [6.07, 6.45) is 6.15. The van der Waals surface area contributed by atoms with Crippen LogP contribution in [0.3, 0.4) is 0 Å². The van der Waals surface area contributed by atoms with Gasteiger partial charge in [0.25, 0.3) is 0 Å². The summed E-state index contributed by atoms with van der Waals surface area (Å²) in [5.74, 6) is 0.658. The molecule has 0 aliphatic carbocycles. The van der Waals surface area contributed by atoms with E-state index in [4.69, 9.17) is 4.98 Å². The highest BCUT2D eigenvalue weighted by Crippen LogP contribution is 2.30. The van der Waals surface area contributed by atoms with Crippen LogP contribution in [0.4, 0.5) is 17.2 Å². The molecule has 4 heterocycles. The topological polar surface area (TPSA) is 115 Å². The molecule has 4 N–H and O–H groups in total. The van der Waals surface area contributed by atoms with Crippen LogP contribution in [-0.4, -0.2) is 60.1 Å². The second-order valence-corrected chi connectivity index (χ2v) is 9.07. The van der Waals surface area contributed by atoms with E-state index in [1.165, 1.54) is 0 Å². The van der Waals surface area contributed by atoms with Gasteiger partial charge in [-0.1, -0.05) is 12.1 Å². The zero-order valence-corrected chi connectivity index (χ0v) is 18.7. The number of hydrogen-bond donors (Lipinski definition) is 4. The van der Waals surface area contributed by atoms with Crippen molar-refractivity contribution in [3.05, 3.63) is 66.7 Å². The normalized spacial score (nSPS) is 15.1. The van der Waals surface area contributed by atoms with Gasteiger partial charge in [-0.3, -0.25) is 5.10 Å². The standard InChI is InChI=1S/C25H25N7O2/c1-25(34)14-32(15-25)18-5-3-17(4-6-18)27-23-24-26-9-10-31(24)13-22(28-23)16-2-7-19-20(8-11-33)29-30-21(19)12-16/h2-7,9-10,12-13,33-34H,8,11,14-15H2,1H3,(H,27,28)(H,29,30). The van der Waals surface area contributed by atoms with Crippen LogP contribution in [0.15, 0.2) is 61.1 Å². The number of benzene rings is 2. The molecule has 1 aliphatic rings. The van der Waals surface area contributed by atoms with Crippen molar-refractivity contribution in [1.29, 1.82) is 0 Å². The first kappa shape index (κ1) is 20.6. The molecular weight excluding hydrogens is 430 g/mol. The molecule has 34 heavy (non-hydrogen) atoms. The number of aromatic nitrogens is 5. The number of aromatic amines is 1. The quantitative estimate of drug-likeness (QED) is 0.311. The summed E-state index contributed by atoms with van der Waals surface area (Å²) >= 11 is 0. The average Bonchev–Trinajstić information content (AvgIpc) is 3.45. The van der Waals surface area contributed by atoms with E-state index in [1.807, 2.05) is 66.2 Å². The van der Waals surface area contributed by atoms with Crippen LogP contribution >= 0.6 is 0 Å². The number of nitrogens with one attached hydrogen (secondary N) is 2. The lowest BCUT2D eigenvalue weighted by atomic mass is 9.96. The molecule has 6 rings (SSSR count).